The average molecular weight is 707 g/mol. The van der Waals surface area contributed by atoms with Crippen LogP contribution in [0.25, 0.3) is 22.3 Å². The predicted octanol–water partition coefficient (Wildman–Crippen LogP) is 6.94. The Kier molecular flexibility index (Phi) is 10.3. The van der Waals surface area contributed by atoms with Crippen LogP contribution >= 0.6 is 23.4 Å². The van der Waals surface area contributed by atoms with Crippen LogP contribution in [-0.4, -0.2) is 45.0 Å². The smallest absolute Gasteiger partial charge is 0.204 e. The zero-order valence-corrected chi connectivity index (χ0v) is 27.6. The zero-order valence-electron chi connectivity index (χ0n) is 23.2. The first-order valence-electron chi connectivity index (χ1n) is 12.9. The first-order valence-corrected chi connectivity index (χ1v) is 14.5. The van der Waals surface area contributed by atoms with Crippen LogP contribution in [0.5, 0.6) is 17.2 Å². The number of hydrogen-bond acceptors (Lipinski definition) is 5. The molecule has 0 saturated heterocycles. The summed E-state index contributed by atoms with van der Waals surface area (Å²) in [5.41, 5.74) is 1.94. The van der Waals surface area contributed by atoms with Gasteiger partial charge >= 0.3 is 0 Å². The number of nitrogens with zero attached hydrogens (tertiary/aromatic N) is 1. The SMILES string of the molecule is CSc1c(Oc2ccc(F)c(-c3ncc(C4(C)CCOc5c(CCO)cc(Cl)cc54)[nH]3)c2)c(F)c(F)c2[nH]ccc12.O.[Y]. The molecule has 1 aliphatic heterocycles. The van der Waals surface area contributed by atoms with Gasteiger partial charge < -0.3 is 30.0 Å². The van der Waals surface area contributed by atoms with Crippen LogP contribution in [0.15, 0.2) is 53.7 Å². The standard InChI is InChI=1S/C30H25ClF3N3O3S.H2O.Y/c1-30(7-10-39-26-15(6-9-38)11-16(31)12-20(26)30)22-14-36-29(37-22)19-13-17(3-4-21(19)32)40-27-24(34)23(33)25-18(5-8-35-25)28(27)41-2;;/h3-5,8,11-14,35,38H,6-7,9-10H2,1-2H3,(H,36,37);1H2;. The minimum absolute atomic E-state index is 0. The Morgan fingerprint density at radius 1 is 1.16 bits per heavy atom. The van der Waals surface area contributed by atoms with E-state index < -0.39 is 22.9 Å². The molecule has 0 amide bonds. The number of thioether (sulfide) groups is 1. The number of benzene rings is 3. The van der Waals surface area contributed by atoms with Gasteiger partial charge in [0, 0.05) is 78.8 Å². The van der Waals surface area contributed by atoms with E-state index in [1.54, 1.807) is 24.6 Å². The number of aliphatic hydroxyl groups excluding tert-OH is 1. The molecule has 2 aromatic heterocycles. The molecule has 7 nitrogen and oxygen atoms in total. The summed E-state index contributed by atoms with van der Waals surface area (Å²) in [6.07, 6.45) is 5.91. The number of nitrogens with one attached hydrogen (secondary N) is 2. The number of imidazole rings is 1. The number of ether oxygens (including phenoxy) is 2. The van der Waals surface area contributed by atoms with Crippen LogP contribution in [-0.2, 0) is 44.5 Å². The van der Waals surface area contributed by atoms with Gasteiger partial charge in [0.25, 0.3) is 0 Å². The van der Waals surface area contributed by atoms with Gasteiger partial charge in [-0.15, -0.1) is 11.8 Å². The van der Waals surface area contributed by atoms with E-state index in [1.165, 1.54) is 36.2 Å². The van der Waals surface area contributed by atoms with E-state index in [0.717, 1.165) is 16.8 Å². The maximum absolute atomic E-state index is 15.1. The van der Waals surface area contributed by atoms with E-state index in [-0.39, 0.29) is 73.2 Å². The summed E-state index contributed by atoms with van der Waals surface area (Å²) in [4.78, 5) is 10.8. The Hall–Kier alpha value is -2.54. The van der Waals surface area contributed by atoms with Gasteiger partial charge in [0.15, 0.2) is 11.6 Å². The third-order valence-corrected chi connectivity index (χ3v) is 8.58. The van der Waals surface area contributed by atoms with Gasteiger partial charge in [-0.1, -0.05) is 11.6 Å². The second kappa shape index (κ2) is 13.2. The molecule has 6 rings (SSSR count). The first kappa shape index (κ1) is 33.4. The maximum Gasteiger partial charge on any atom is 0.204 e. The Morgan fingerprint density at radius 3 is 2.70 bits per heavy atom. The van der Waals surface area contributed by atoms with E-state index in [1.807, 2.05) is 13.0 Å². The number of H-pyrrole nitrogens is 2. The third-order valence-electron chi connectivity index (χ3n) is 7.55. The molecule has 0 bridgehead atoms. The summed E-state index contributed by atoms with van der Waals surface area (Å²) in [6, 6.07) is 9.22. The van der Waals surface area contributed by atoms with Crippen LogP contribution in [0.2, 0.25) is 5.02 Å². The van der Waals surface area contributed by atoms with Crippen LogP contribution in [0.3, 0.4) is 0 Å². The van der Waals surface area contributed by atoms with Gasteiger partial charge in [-0.3, -0.25) is 0 Å². The number of aromatic amines is 2. The molecule has 0 spiro atoms. The topological polar surface area (TPSA) is 115 Å². The summed E-state index contributed by atoms with van der Waals surface area (Å²) >= 11 is 7.64. The predicted molar refractivity (Wildman–Crippen MR) is 156 cm³/mol. The monoisotopic (exact) mass is 706 g/mol. The number of rotatable bonds is 7. The van der Waals surface area contributed by atoms with E-state index in [9.17, 15) is 9.50 Å². The van der Waals surface area contributed by atoms with Gasteiger partial charge in [-0.25, -0.2) is 13.8 Å². The number of hydrogen-bond donors (Lipinski definition) is 3. The minimum atomic E-state index is -1.14. The van der Waals surface area contributed by atoms with Gasteiger partial charge in [-0.05, 0) is 68.0 Å². The van der Waals surface area contributed by atoms with Gasteiger partial charge in [-0.2, -0.15) is 4.39 Å². The summed E-state index contributed by atoms with van der Waals surface area (Å²) in [7, 11) is 0. The molecular weight excluding hydrogens is 680 g/mol. The third kappa shape index (κ3) is 5.83. The number of aromatic nitrogens is 3. The van der Waals surface area contributed by atoms with E-state index in [0.29, 0.717) is 40.5 Å². The minimum Gasteiger partial charge on any atom is -0.493 e. The first-order chi connectivity index (χ1) is 19.7. The van der Waals surface area contributed by atoms with Gasteiger partial charge in [0.1, 0.15) is 23.1 Å². The van der Waals surface area contributed by atoms with Crippen LogP contribution in [0, 0.1) is 17.5 Å². The number of halogens is 4. The van der Waals surface area contributed by atoms with Crippen LogP contribution in [0.1, 0.15) is 30.2 Å². The second-order valence-corrected chi connectivity index (χ2v) is 11.2. The van der Waals surface area contributed by atoms with Crippen molar-refractivity contribution in [2.75, 3.05) is 19.5 Å². The summed E-state index contributed by atoms with van der Waals surface area (Å²) < 4.78 is 56.7. The van der Waals surface area contributed by atoms with E-state index in [2.05, 4.69) is 15.0 Å². The quantitative estimate of drug-likeness (QED) is 0.159. The second-order valence-electron chi connectivity index (χ2n) is 9.99. The van der Waals surface area contributed by atoms with Crippen molar-refractivity contribution in [3.8, 4) is 28.6 Å². The van der Waals surface area contributed by atoms with Crippen molar-refractivity contribution in [3.63, 3.8) is 0 Å². The normalized spacial score (nSPS) is 15.8. The van der Waals surface area contributed by atoms with Crippen molar-refractivity contribution in [1.82, 2.24) is 15.0 Å². The maximum atomic E-state index is 15.1. The fourth-order valence-corrected chi connectivity index (χ4v) is 6.33. The van der Waals surface area contributed by atoms with E-state index in [4.69, 9.17) is 21.1 Å². The average Bonchev–Trinajstić information content (AvgIpc) is 3.65. The molecule has 223 valence electrons. The molecule has 43 heavy (non-hydrogen) atoms. The van der Waals surface area contributed by atoms with Crippen molar-refractivity contribution in [2.45, 2.75) is 30.1 Å². The summed E-state index contributed by atoms with van der Waals surface area (Å²) in [5.74, 6) is -2.00. The van der Waals surface area contributed by atoms with Crippen LogP contribution < -0.4 is 9.47 Å². The molecule has 3 aromatic carbocycles. The fraction of sp³-hybridized carbons (Fsp3) is 0.233. The van der Waals surface area contributed by atoms with E-state index >= 15 is 8.78 Å². The molecule has 5 N–H and O–H groups in total. The molecule has 1 atom stereocenters. The van der Waals surface area contributed by atoms with Crippen molar-refractivity contribution >= 4 is 34.3 Å². The summed E-state index contributed by atoms with van der Waals surface area (Å²) in [5, 5.41) is 10.5. The van der Waals surface area contributed by atoms with Crippen molar-refractivity contribution < 1.29 is 65.9 Å². The molecular formula is C30H27ClF3N3O4SY. The summed E-state index contributed by atoms with van der Waals surface area (Å²) in [6.45, 7) is 2.41. The van der Waals surface area contributed by atoms with Gasteiger partial charge in [0.05, 0.1) is 22.6 Å². The fourth-order valence-electron chi connectivity index (χ4n) is 5.38. The van der Waals surface area contributed by atoms with Crippen molar-refractivity contribution in [1.29, 1.82) is 0 Å². The van der Waals surface area contributed by atoms with Crippen molar-refractivity contribution in [3.05, 3.63) is 88.1 Å². The molecule has 5 aromatic rings. The molecule has 0 saturated carbocycles. The van der Waals surface area contributed by atoms with Gasteiger partial charge in [0.2, 0.25) is 5.82 Å². The Morgan fingerprint density at radius 2 is 1.95 bits per heavy atom. The molecule has 1 radical (unpaired) electrons. The number of fused-ring (bicyclic) bond motifs is 2. The number of aliphatic hydroxyl groups is 1. The zero-order chi connectivity index (χ0) is 28.9. The molecule has 1 aliphatic rings. The Labute approximate surface area is 279 Å². The Bertz CT molecular complexity index is 1800. The van der Waals surface area contributed by atoms with Crippen LogP contribution in [0.4, 0.5) is 13.2 Å². The largest absolute Gasteiger partial charge is 0.493 e. The molecule has 0 aliphatic carbocycles. The molecule has 0 fully saturated rings. The van der Waals surface area contributed by atoms with Crippen molar-refractivity contribution in [2.24, 2.45) is 0 Å². The molecule has 3 heterocycles. The Balaban J connectivity index is 0.00000212. The molecule has 13 heteroatoms. The molecule has 1 unspecified atom stereocenters.